The molecule has 15 heteroatoms. The number of halogens is 1. The molecule has 0 radical (unpaired) electrons. The molecule has 2 aliphatic carbocycles. The number of nitrogens with one attached hydrogen (secondary N) is 4. The van der Waals surface area contributed by atoms with Crippen LogP contribution in [0.4, 0.5) is 11.4 Å². The van der Waals surface area contributed by atoms with Gasteiger partial charge in [-0.1, -0.05) is 66.2 Å². The van der Waals surface area contributed by atoms with Gasteiger partial charge in [-0.2, -0.15) is 10.2 Å². The summed E-state index contributed by atoms with van der Waals surface area (Å²) in [5.74, 6) is 3.39. The average Bonchev–Trinajstić information content (AvgIpc) is 4.06. The molecule has 0 saturated heterocycles. The summed E-state index contributed by atoms with van der Waals surface area (Å²) >= 11 is 6.26. The average molecular weight is 865 g/mol. The Morgan fingerprint density at radius 1 is 0.667 bits per heavy atom. The first kappa shape index (κ1) is 42.0. The standard InChI is InChI=1S/C26H30N6O.C22H23ClN6O/c1-5-16(2)20-12-21(29-15-26(3,4)33)25-28-14-23(32(25)31-20)18-8-6-17(7-9-18)22-13-27-24(30-22)19-10-11-19;1-22(2,30)12-26-16-9-19(23)28-29-18(11-25-21(16)29)14-5-3-13(4-6-14)17-10-24-20(27-17)15-7-8-15/h5-9,12-14,19,29,33H,10-11,15H2,1-4H3,(H,27,30);3-6,9-11,15,26,30H,7-8,12H2,1-2H3,(H,24,27). The molecule has 0 spiro atoms. The van der Waals surface area contributed by atoms with Crippen LogP contribution in [0.25, 0.3) is 61.9 Å². The normalized spacial score (nSPS) is 14.6. The molecule has 2 saturated carbocycles. The number of aromatic nitrogens is 10. The second-order valence-electron chi connectivity index (χ2n) is 18.0. The molecule has 0 bridgehead atoms. The number of imidazole rings is 4. The number of H-pyrrole nitrogens is 2. The molecule has 0 unspecified atom stereocenters. The van der Waals surface area contributed by atoms with E-state index in [1.807, 2.05) is 61.2 Å². The number of hydrogen-bond donors (Lipinski definition) is 6. The molecular weight excluding hydrogens is 812 g/mol. The predicted octanol–water partition coefficient (Wildman–Crippen LogP) is 9.77. The van der Waals surface area contributed by atoms with Gasteiger partial charge >= 0.3 is 0 Å². The molecule has 14 nitrogen and oxygen atoms in total. The van der Waals surface area contributed by atoms with Gasteiger partial charge in [-0.3, -0.25) is 0 Å². The number of aliphatic hydroxyl groups is 2. The molecule has 2 fully saturated rings. The molecule has 0 amide bonds. The zero-order valence-electron chi connectivity index (χ0n) is 36.4. The van der Waals surface area contributed by atoms with Crippen molar-refractivity contribution in [2.24, 2.45) is 0 Å². The van der Waals surface area contributed by atoms with Gasteiger partial charge in [0.1, 0.15) is 11.6 Å². The van der Waals surface area contributed by atoms with Gasteiger partial charge in [-0.05, 0) is 90.0 Å². The molecule has 6 heterocycles. The molecule has 0 aliphatic heterocycles. The largest absolute Gasteiger partial charge is 0.389 e. The summed E-state index contributed by atoms with van der Waals surface area (Å²) < 4.78 is 3.61. The third-order valence-corrected chi connectivity index (χ3v) is 11.5. The fourth-order valence-electron chi connectivity index (χ4n) is 7.26. The quantitative estimate of drug-likeness (QED) is 0.0653. The lowest BCUT2D eigenvalue weighted by Crippen LogP contribution is -2.29. The Kier molecular flexibility index (Phi) is 11.2. The van der Waals surface area contributed by atoms with E-state index in [1.165, 1.54) is 25.7 Å². The van der Waals surface area contributed by atoms with Crippen molar-refractivity contribution in [1.29, 1.82) is 0 Å². The van der Waals surface area contributed by atoms with Crippen molar-refractivity contribution in [1.82, 2.24) is 49.1 Å². The molecule has 63 heavy (non-hydrogen) atoms. The summed E-state index contributed by atoms with van der Waals surface area (Å²) in [6.45, 7) is 11.9. The molecule has 10 rings (SSSR count). The highest BCUT2D eigenvalue weighted by Gasteiger charge is 2.27. The summed E-state index contributed by atoms with van der Waals surface area (Å²) in [6, 6.07) is 20.3. The lowest BCUT2D eigenvalue weighted by atomic mass is 10.1. The Balaban J connectivity index is 0.000000161. The number of allylic oxidation sites excluding steroid dienone is 2. The highest BCUT2D eigenvalue weighted by Crippen LogP contribution is 2.40. The maximum Gasteiger partial charge on any atom is 0.177 e. The van der Waals surface area contributed by atoms with Gasteiger partial charge in [0.05, 0.1) is 75.8 Å². The van der Waals surface area contributed by atoms with E-state index in [9.17, 15) is 10.2 Å². The second-order valence-corrected chi connectivity index (χ2v) is 18.3. The minimum Gasteiger partial charge on any atom is -0.389 e. The van der Waals surface area contributed by atoms with E-state index in [1.54, 1.807) is 44.5 Å². The monoisotopic (exact) mass is 864 g/mol. The van der Waals surface area contributed by atoms with Crippen LogP contribution in [0.3, 0.4) is 0 Å². The summed E-state index contributed by atoms with van der Waals surface area (Å²) in [7, 11) is 0. The fourth-order valence-corrected chi connectivity index (χ4v) is 7.45. The molecule has 6 aromatic heterocycles. The minimum atomic E-state index is -0.857. The van der Waals surface area contributed by atoms with Crippen LogP contribution in [0, 0.1) is 0 Å². The predicted molar refractivity (Wildman–Crippen MR) is 250 cm³/mol. The highest BCUT2D eigenvalue weighted by atomic mass is 35.5. The number of aromatic amines is 2. The van der Waals surface area contributed by atoms with Crippen LogP contribution in [-0.2, 0) is 0 Å². The van der Waals surface area contributed by atoms with Crippen LogP contribution in [0.15, 0.2) is 91.5 Å². The van der Waals surface area contributed by atoms with Crippen LogP contribution >= 0.6 is 11.6 Å². The minimum absolute atomic E-state index is 0.349. The second kappa shape index (κ2) is 16.7. The Labute approximate surface area is 370 Å². The van der Waals surface area contributed by atoms with Gasteiger partial charge in [0, 0.05) is 42.1 Å². The van der Waals surface area contributed by atoms with E-state index in [0.29, 0.717) is 35.7 Å². The molecule has 2 aromatic carbocycles. The maximum atomic E-state index is 10.2. The number of fused-ring (bicyclic) bond motifs is 2. The van der Waals surface area contributed by atoms with E-state index >= 15 is 0 Å². The Morgan fingerprint density at radius 2 is 1.10 bits per heavy atom. The highest BCUT2D eigenvalue weighted by molar-refractivity contribution is 6.29. The van der Waals surface area contributed by atoms with Crippen molar-refractivity contribution in [2.75, 3.05) is 23.7 Å². The molecular formula is C48H53ClN12O2. The van der Waals surface area contributed by atoms with Crippen LogP contribution in [0.5, 0.6) is 0 Å². The van der Waals surface area contributed by atoms with Gasteiger partial charge < -0.3 is 30.8 Å². The van der Waals surface area contributed by atoms with E-state index < -0.39 is 11.2 Å². The van der Waals surface area contributed by atoms with Crippen LogP contribution < -0.4 is 10.6 Å². The first-order chi connectivity index (χ1) is 30.2. The SMILES string of the molecule is CC(C)(O)CNc1cc(Cl)nn2c(-c3ccc(-c4cnc(C5CC5)[nH]4)cc3)cnc12.CC=C(C)c1cc(NCC(C)(C)O)c2ncc(-c3ccc(-c4cnc(C5CC5)[nH]4)cc3)n2n1. The maximum absolute atomic E-state index is 10.2. The van der Waals surface area contributed by atoms with Crippen LogP contribution in [-0.4, -0.2) is 83.6 Å². The Bertz CT molecular complexity index is 2920. The summed E-state index contributed by atoms with van der Waals surface area (Å²) in [5.41, 5.74) is 11.2. The van der Waals surface area contributed by atoms with Crippen molar-refractivity contribution in [2.45, 2.75) is 90.3 Å². The smallest absolute Gasteiger partial charge is 0.177 e. The zero-order valence-corrected chi connectivity index (χ0v) is 37.2. The van der Waals surface area contributed by atoms with Crippen molar-refractivity contribution < 1.29 is 10.2 Å². The number of nitrogens with zero attached hydrogens (tertiary/aromatic N) is 8. The van der Waals surface area contributed by atoms with Gasteiger partial charge in [-0.25, -0.2) is 29.0 Å². The molecule has 0 atom stereocenters. The van der Waals surface area contributed by atoms with Crippen molar-refractivity contribution >= 4 is 39.8 Å². The molecule has 2 aliphatic rings. The summed E-state index contributed by atoms with van der Waals surface area (Å²) in [6.07, 6.45) is 14.4. The number of hydrogen-bond acceptors (Lipinski definition) is 10. The van der Waals surface area contributed by atoms with E-state index in [-0.39, 0.29) is 0 Å². The summed E-state index contributed by atoms with van der Waals surface area (Å²) in [4.78, 5) is 25.1. The van der Waals surface area contributed by atoms with Gasteiger partial charge in [0.2, 0.25) is 0 Å². The molecule has 8 aromatic rings. The summed E-state index contributed by atoms with van der Waals surface area (Å²) in [5, 5.41) is 36.4. The first-order valence-electron chi connectivity index (χ1n) is 21.5. The van der Waals surface area contributed by atoms with Gasteiger partial charge in [0.15, 0.2) is 16.4 Å². The third-order valence-electron chi connectivity index (χ3n) is 11.3. The number of rotatable bonds is 13. The van der Waals surface area contributed by atoms with E-state index in [2.05, 4.69) is 82.0 Å². The Hall–Kier alpha value is -6.35. The van der Waals surface area contributed by atoms with E-state index in [4.69, 9.17) is 16.7 Å². The topological polar surface area (TPSA) is 182 Å². The fraction of sp³-hybridized carbons (Fsp3) is 0.333. The number of anilines is 2. The number of benzene rings is 2. The molecule has 6 N–H and O–H groups in total. The Morgan fingerprint density at radius 3 is 1.52 bits per heavy atom. The van der Waals surface area contributed by atoms with E-state index in [0.717, 1.165) is 85.0 Å². The third kappa shape index (κ3) is 9.53. The molecule has 324 valence electrons. The lowest BCUT2D eigenvalue weighted by Gasteiger charge is -2.19. The van der Waals surface area contributed by atoms with Crippen molar-refractivity contribution in [3.05, 3.63) is 114 Å². The lowest BCUT2D eigenvalue weighted by molar-refractivity contribution is 0.0939. The van der Waals surface area contributed by atoms with Crippen molar-refractivity contribution in [3.8, 4) is 45.0 Å². The van der Waals surface area contributed by atoms with Gasteiger partial charge in [0.25, 0.3) is 0 Å². The zero-order chi connectivity index (χ0) is 44.0. The first-order valence-corrected chi connectivity index (χ1v) is 21.9. The van der Waals surface area contributed by atoms with Crippen LogP contribution in [0.1, 0.15) is 96.4 Å². The van der Waals surface area contributed by atoms with Gasteiger partial charge in [-0.15, -0.1) is 0 Å². The van der Waals surface area contributed by atoms with Crippen molar-refractivity contribution in [3.63, 3.8) is 0 Å². The van der Waals surface area contributed by atoms with Crippen LogP contribution in [0.2, 0.25) is 5.15 Å².